The molecule has 0 saturated carbocycles. The van der Waals surface area contributed by atoms with Gasteiger partial charge in [-0.25, -0.2) is 4.79 Å². The van der Waals surface area contributed by atoms with E-state index in [4.69, 9.17) is 9.47 Å². The average Bonchev–Trinajstić information content (AvgIpc) is 2.69. The molecule has 0 radical (unpaired) electrons. The van der Waals surface area contributed by atoms with E-state index in [2.05, 4.69) is 37.4 Å². The van der Waals surface area contributed by atoms with Gasteiger partial charge in [0.2, 0.25) is 0 Å². The molecule has 5 nitrogen and oxygen atoms in total. The van der Waals surface area contributed by atoms with E-state index in [1.165, 1.54) is 5.56 Å². The lowest BCUT2D eigenvalue weighted by Crippen LogP contribution is -2.46. The van der Waals surface area contributed by atoms with Gasteiger partial charge in [-0.1, -0.05) is 30.3 Å². The predicted molar refractivity (Wildman–Crippen MR) is 106 cm³/mol. The van der Waals surface area contributed by atoms with Gasteiger partial charge >= 0.3 is 6.03 Å². The lowest BCUT2D eigenvalue weighted by molar-refractivity contribution is 0.110. The number of hydrogen-bond acceptors (Lipinski definition) is 3. The summed E-state index contributed by atoms with van der Waals surface area (Å²) >= 11 is 0. The number of ether oxygens (including phenoxy) is 2. The first-order valence-corrected chi connectivity index (χ1v) is 9.45. The molecule has 1 heterocycles. The van der Waals surface area contributed by atoms with Crippen LogP contribution in [0.5, 0.6) is 11.5 Å². The van der Waals surface area contributed by atoms with E-state index in [0.717, 1.165) is 35.5 Å². The minimum Gasteiger partial charge on any atom is -0.496 e. The Morgan fingerprint density at radius 2 is 1.85 bits per heavy atom. The van der Waals surface area contributed by atoms with E-state index < -0.39 is 0 Å². The van der Waals surface area contributed by atoms with Crippen molar-refractivity contribution in [2.45, 2.75) is 39.3 Å². The Morgan fingerprint density at radius 1 is 1.11 bits per heavy atom. The summed E-state index contributed by atoms with van der Waals surface area (Å²) in [5, 5.41) is 2.99. The number of piperidine rings is 1. The highest BCUT2D eigenvalue weighted by Gasteiger charge is 2.24. The summed E-state index contributed by atoms with van der Waals surface area (Å²) in [5.41, 5.74) is 3.32. The molecule has 2 aromatic carbocycles. The molecule has 0 aliphatic carbocycles. The molecule has 1 saturated heterocycles. The number of likely N-dealkylation sites (tertiary alicyclic amines) is 1. The van der Waals surface area contributed by atoms with Crippen LogP contribution in [-0.2, 0) is 6.54 Å². The summed E-state index contributed by atoms with van der Waals surface area (Å²) in [6.45, 7) is 6.00. The number of para-hydroxylation sites is 1. The Balaban J connectivity index is 1.48. The van der Waals surface area contributed by atoms with E-state index in [1.54, 1.807) is 7.11 Å². The number of aryl methyl sites for hydroxylation is 2. The Hall–Kier alpha value is -2.69. The van der Waals surface area contributed by atoms with Crippen LogP contribution in [0.4, 0.5) is 4.79 Å². The molecule has 2 aromatic rings. The minimum absolute atomic E-state index is 0.0360. The molecule has 1 aliphatic rings. The van der Waals surface area contributed by atoms with Crippen LogP contribution in [0.1, 0.15) is 29.5 Å². The van der Waals surface area contributed by atoms with Gasteiger partial charge in [-0.15, -0.1) is 0 Å². The number of methoxy groups -OCH3 is 1. The van der Waals surface area contributed by atoms with Crippen molar-refractivity contribution < 1.29 is 14.3 Å². The van der Waals surface area contributed by atoms with Crippen LogP contribution in [0.25, 0.3) is 0 Å². The molecule has 0 aromatic heterocycles. The highest BCUT2D eigenvalue weighted by molar-refractivity contribution is 5.74. The highest BCUT2D eigenvalue weighted by atomic mass is 16.5. The zero-order valence-corrected chi connectivity index (χ0v) is 16.3. The highest BCUT2D eigenvalue weighted by Crippen LogP contribution is 2.24. The number of rotatable bonds is 5. The third kappa shape index (κ3) is 4.94. The van der Waals surface area contributed by atoms with Crippen LogP contribution >= 0.6 is 0 Å². The number of nitrogens with one attached hydrogen (secondary N) is 1. The normalized spacial score (nSPS) is 14.7. The molecule has 0 unspecified atom stereocenters. The predicted octanol–water partition coefficient (Wildman–Crippen LogP) is 4.07. The molecule has 1 aliphatic heterocycles. The molecule has 27 heavy (non-hydrogen) atoms. The monoisotopic (exact) mass is 368 g/mol. The van der Waals surface area contributed by atoms with Crippen molar-refractivity contribution in [3.8, 4) is 11.5 Å². The fourth-order valence-corrected chi connectivity index (χ4v) is 3.32. The standard InChI is InChI=1S/C22H28N2O3/c1-16-8-9-17(2)21(14-16)27-19-10-12-24(13-11-19)22(25)23-15-18-6-4-5-7-20(18)26-3/h4-9,14,19H,10-13,15H2,1-3H3,(H,23,25). The fraction of sp³-hybridized carbons (Fsp3) is 0.409. The molecule has 144 valence electrons. The first-order chi connectivity index (χ1) is 13.1. The van der Waals surface area contributed by atoms with E-state index in [-0.39, 0.29) is 12.1 Å². The second-order valence-corrected chi connectivity index (χ2v) is 7.04. The molecule has 0 atom stereocenters. The number of amides is 2. The van der Waals surface area contributed by atoms with Crippen molar-refractivity contribution >= 4 is 6.03 Å². The zero-order valence-electron chi connectivity index (χ0n) is 16.3. The van der Waals surface area contributed by atoms with Crippen molar-refractivity contribution in [3.63, 3.8) is 0 Å². The SMILES string of the molecule is COc1ccccc1CNC(=O)N1CCC(Oc2cc(C)ccc2C)CC1. The number of hydrogen-bond donors (Lipinski definition) is 1. The average molecular weight is 368 g/mol. The smallest absolute Gasteiger partial charge is 0.317 e. The van der Waals surface area contributed by atoms with E-state index in [9.17, 15) is 4.79 Å². The molecule has 1 fully saturated rings. The van der Waals surface area contributed by atoms with Crippen molar-refractivity contribution in [3.05, 3.63) is 59.2 Å². The third-order valence-corrected chi connectivity index (χ3v) is 4.99. The van der Waals surface area contributed by atoms with Gasteiger partial charge in [-0.2, -0.15) is 0 Å². The van der Waals surface area contributed by atoms with Gasteiger partial charge in [0, 0.05) is 38.0 Å². The van der Waals surface area contributed by atoms with E-state index >= 15 is 0 Å². The van der Waals surface area contributed by atoms with Crippen LogP contribution in [0.2, 0.25) is 0 Å². The van der Waals surface area contributed by atoms with Gasteiger partial charge in [-0.3, -0.25) is 0 Å². The maximum absolute atomic E-state index is 12.5. The van der Waals surface area contributed by atoms with Gasteiger partial charge in [0.15, 0.2) is 0 Å². The van der Waals surface area contributed by atoms with Gasteiger partial charge in [-0.05, 0) is 37.1 Å². The lowest BCUT2D eigenvalue weighted by Gasteiger charge is -2.32. The molecule has 5 heteroatoms. The maximum Gasteiger partial charge on any atom is 0.317 e. The molecule has 1 N–H and O–H groups in total. The summed E-state index contributed by atoms with van der Waals surface area (Å²) in [7, 11) is 1.64. The van der Waals surface area contributed by atoms with Crippen LogP contribution in [-0.4, -0.2) is 37.2 Å². The van der Waals surface area contributed by atoms with Crippen LogP contribution in [0.15, 0.2) is 42.5 Å². The van der Waals surface area contributed by atoms with Gasteiger partial charge < -0.3 is 19.7 Å². The molecule has 3 rings (SSSR count). The first-order valence-electron chi connectivity index (χ1n) is 9.45. The van der Waals surface area contributed by atoms with Gasteiger partial charge in [0.05, 0.1) is 7.11 Å². The second kappa shape index (κ2) is 8.80. The summed E-state index contributed by atoms with van der Waals surface area (Å²) in [6.07, 6.45) is 1.84. The summed E-state index contributed by atoms with van der Waals surface area (Å²) < 4.78 is 11.5. The molecule has 0 spiro atoms. The summed E-state index contributed by atoms with van der Waals surface area (Å²) in [6, 6.07) is 14.0. The molecular formula is C22H28N2O3. The van der Waals surface area contributed by atoms with Crippen LogP contribution in [0, 0.1) is 13.8 Å². The van der Waals surface area contributed by atoms with Crippen molar-refractivity contribution in [1.29, 1.82) is 0 Å². The second-order valence-electron chi connectivity index (χ2n) is 7.04. The maximum atomic E-state index is 12.5. The van der Waals surface area contributed by atoms with Gasteiger partial charge in [0.1, 0.15) is 17.6 Å². The molecule has 0 bridgehead atoms. The van der Waals surface area contributed by atoms with Crippen LogP contribution in [0.3, 0.4) is 0 Å². The topological polar surface area (TPSA) is 50.8 Å². The Labute approximate surface area is 161 Å². The third-order valence-electron chi connectivity index (χ3n) is 4.99. The quantitative estimate of drug-likeness (QED) is 0.866. The number of benzene rings is 2. The Bertz CT molecular complexity index is 783. The molecule has 2 amide bonds. The number of carbonyl (C=O) groups is 1. The summed E-state index contributed by atoms with van der Waals surface area (Å²) in [5.74, 6) is 1.74. The minimum atomic E-state index is -0.0360. The van der Waals surface area contributed by atoms with Crippen molar-refractivity contribution in [2.75, 3.05) is 20.2 Å². The number of nitrogens with zero attached hydrogens (tertiary/aromatic N) is 1. The summed E-state index contributed by atoms with van der Waals surface area (Å²) in [4.78, 5) is 14.3. The fourth-order valence-electron chi connectivity index (χ4n) is 3.32. The largest absolute Gasteiger partial charge is 0.496 e. The molecular weight excluding hydrogens is 340 g/mol. The lowest BCUT2D eigenvalue weighted by atomic mass is 10.1. The van der Waals surface area contributed by atoms with Crippen molar-refractivity contribution in [2.24, 2.45) is 0 Å². The van der Waals surface area contributed by atoms with E-state index in [0.29, 0.717) is 19.6 Å². The van der Waals surface area contributed by atoms with E-state index in [1.807, 2.05) is 29.2 Å². The zero-order chi connectivity index (χ0) is 19.2. The van der Waals surface area contributed by atoms with Gasteiger partial charge in [0.25, 0.3) is 0 Å². The first kappa shape index (κ1) is 19.1. The Morgan fingerprint density at radius 3 is 2.59 bits per heavy atom. The van der Waals surface area contributed by atoms with Crippen molar-refractivity contribution in [1.82, 2.24) is 10.2 Å². The Kier molecular flexibility index (Phi) is 6.22. The van der Waals surface area contributed by atoms with Crippen LogP contribution < -0.4 is 14.8 Å². The number of carbonyl (C=O) groups excluding carboxylic acids is 1. The number of urea groups is 1.